The molecule has 0 radical (unpaired) electrons. The van der Waals surface area contributed by atoms with Gasteiger partial charge < -0.3 is 0 Å². The predicted molar refractivity (Wildman–Crippen MR) is 82.7 cm³/mol. The summed E-state index contributed by atoms with van der Waals surface area (Å²) in [6.07, 6.45) is 0.877. The van der Waals surface area contributed by atoms with E-state index in [1.54, 1.807) is 0 Å². The first kappa shape index (κ1) is 12.4. The van der Waals surface area contributed by atoms with E-state index in [0.717, 1.165) is 17.4 Å². The van der Waals surface area contributed by atoms with Crippen molar-refractivity contribution in [3.05, 3.63) is 84.4 Å². The number of carbonyl (C=O) groups excluding carboxylic acids is 1. The third kappa shape index (κ3) is 2.52. The second kappa shape index (κ2) is 5.54. The number of hydrogen-bond acceptors (Lipinski definition) is 1. The van der Waals surface area contributed by atoms with Crippen molar-refractivity contribution >= 4 is 6.29 Å². The second-order valence-electron chi connectivity index (χ2n) is 4.69. The quantitative estimate of drug-likeness (QED) is 0.615. The zero-order valence-corrected chi connectivity index (χ0v) is 11.0. The summed E-state index contributed by atoms with van der Waals surface area (Å²) in [5, 5.41) is 0. The van der Waals surface area contributed by atoms with Gasteiger partial charge in [-0.3, -0.25) is 4.79 Å². The summed E-state index contributed by atoms with van der Waals surface area (Å²) in [6, 6.07) is 26.3. The number of hydrogen-bond donors (Lipinski definition) is 0. The Morgan fingerprint density at radius 1 is 0.550 bits per heavy atom. The SMILES string of the molecule is O=Cc1cccc(-c2ccc(-c3ccccc3)cc2)c1. The van der Waals surface area contributed by atoms with Crippen LogP contribution >= 0.6 is 0 Å². The van der Waals surface area contributed by atoms with Gasteiger partial charge in [0.05, 0.1) is 0 Å². The van der Waals surface area contributed by atoms with Gasteiger partial charge in [-0.1, -0.05) is 72.8 Å². The minimum Gasteiger partial charge on any atom is -0.298 e. The Balaban J connectivity index is 1.95. The first-order chi connectivity index (χ1) is 9.86. The predicted octanol–water partition coefficient (Wildman–Crippen LogP) is 4.83. The van der Waals surface area contributed by atoms with Crippen LogP contribution in [0.25, 0.3) is 22.3 Å². The van der Waals surface area contributed by atoms with Crippen LogP contribution < -0.4 is 0 Å². The van der Waals surface area contributed by atoms with E-state index in [2.05, 4.69) is 36.4 Å². The van der Waals surface area contributed by atoms with E-state index in [-0.39, 0.29) is 0 Å². The van der Waals surface area contributed by atoms with Crippen LogP contribution in [0.2, 0.25) is 0 Å². The number of aldehydes is 1. The zero-order valence-electron chi connectivity index (χ0n) is 11.0. The van der Waals surface area contributed by atoms with Crippen molar-refractivity contribution in [1.29, 1.82) is 0 Å². The Labute approximate surface area is 118 Å². The molecule has 0 spiro atoms. The summed E-state index contributed by atoms with van der Waals surface area (Å²) in [6.45, 7) is 0. The highest BCUT2D eigenvalue weighted by Crippen LogP contribution is 2.25. The fraction of sp³-hybridized carbons (Fsp3) is 0. The fourth-order valence-electron chi connectivity index (χ4n) is 2.28. The van der Waals surface area contributed by atoms with Crippen LogP contribution in [-0.2, 0) is 0 Å². The molecule has 0 N–H and O–H groups in total. The van der Waals surface area contributed by atoms with E-state index in [4.69, 9.17) is 0 Å². The van der Waals surface area contributed by atoms with Gasteiger partial charge >= 0.3 is 0 Å². The Bertz CT molecular complexity index is 712. The van der Waals surface area contributed by atoms with E-state index < -0.39 is 0 Å². The topological polar surface area (TPSA) is 17.1 Å². The molecule has 0 saturated carbocycles. The van der Waals surface area contributed by atoms with Crippen LogP contribution in [0.15, 0.2) is 78.9 Å². The monoisotopic (exact) mass is 258 g/mol. The zero-order chi connectivity index (χ0) is 13.8. The van der Waals surface area contributed by atoms with Gasteiger partial charge in [0.15, 0.2) is 0 Å². The van der Waals surface area contributed by atoms with E-state index in [1.165, 1.54) is 11.1 Å². The highest BCUT2D eigenvalue weighted by atomic mass is 16.1. The van der Waals surface area contributed by atoms with Crippen LogP contribution in [0.5, 0.6) is 0 Å². The third-order valence-electron chi connectivity index (χ3n) is 3.35. The molecule has 0 aliphatic heterocycles. The Morgan fingerprint density at radius 3 is 1.75 bits per heavy atom. The Morgan fingerprint density at radius 2 is 1.10 bits per heavy atom. The molecule has 1 heteroatoms. The molecule has 0 saturated heterocycles. The minimum absolute atomic E-state index is 0.703. The van der Waals surface area contributed by atoms with E-state index in [9.17, 15) is 4.79 Å². The highest BCUT2D eigenvalue weighted by Gasteiger charge is 2.00. The van der Waals surface area contributed by atoms with Gasteiger partial charge in [-0.25, -0.2) is 0 Å². The molecule has 0 unspecified atom stereocenters. The van der Waals surface area contributed by atoms with Crippen LogP contribution in [-0.4, -0.2) is 6.29 Å². The van der Waals surface area contributed by atoms with Gasteiger partial charge in [0, 0.05) is 5.56 Å². The minimum atomic E-state index is 0.703. The molecule has 0 aliphatic rings. The number of benzene rings is 3. The molecule has 0 bridgehead atoms. The Hall–Kier alpha value is -2.67. The van der Waals surface area contributed by atoms with Crippen LogP contribution in [0.3, 0.4) is 0 Å². The van der Waals surface area contributed by atoms with Crippen LogP contribution in [0.1, 0.15) is 10.4 Å². The van der Waals surface area contributed by atoms with Crippen molar-refractivity contribution in [1.82, 2.24) is 0 Å². The van der Waals surface area contributed by atoms with Crippen molar-refractivity contribution in [2.24, 2.45) is 0 Å². The summed E-state index contributed by atoms with van der Waals surface area (Å²) in [5.74, 6) is 0. The van der Waals surface area contributed by atoms with Crippen molar-refractivity contribution in [2.75, 3.05) is 0 Å². The summed E-state index contributed by atoms with van der Waals surface area (Å²) in [5.41, 5.74) is 5.29. The molecule has 3 aromatic rings. The maximum absolute atomic E-state index is 10.8. The van der Waals surface area contributed by atoms with Gasteiger partial charge in [-0.15, -0.1) is 0 Å². The van der Waals surface area contributed by atoms with Crippen molar-refractivity contribution in [2.45, 2.75) is 0 Å². The molecular formula is C19H14O. The second-order valence-corrected chi connectivity index (χ2v) is 4.69. The molecule has 20 heavy (non-hydrogen) atoms. The average molecular weight is 258 g/mol. The molecule has 0 aliphatic carbocycles. The first-order valence-corrected chi connectivity index (χ1v) is 6.58. The number of carbonyl (C=O) groups is 1. The molecule has 3 aromatic carbocycles. The average Bonchev–Trinajstić information content (AvgIpc) is 2.56. The van der Waals surface area contributed by atoms with E-state index in [0.29, 0.717) is 5.56 Å². The lowest BCUT2D eigenvalue weighted by atomic mass is 9.99. The fourth-order valence-corrected chi connectivity index (χ4v) is 2.28. The largest absolute Gasteiger partial charge is 0.298 e. The summed E-state index contributed by atoms with van der Waals surface area (Å²) in [7, 11) is 0. The summed E-state index contributed by atoms with van der Waals surface area (Å²) >= 11 is 0. The lowest BCUT2D eigenvalue weighted by Crippen LogP contribution is -1.83. The lowest BCUT2D eigenvalue weighted by molar-refractivity contribution is 0.112. The number of rotatable bonds is 3. The van der Waals surface area contributed by atoms with Crippen molar-refractivity contribution in [3.8, 4) is 22.3 Å². The van der Waals surface area contributed by atoms with Gasteiger partial charge in [0.25, 0.3) is 0 Å². The van der Waals surface area contributed by atoms with Crippen molar-refractivity contribution in [3.63, 3.8) is 0 Å². The molecular weight excluding hydrogens is 244 g/mol. The molecule has 3 rings (SSSR count). The van der Waals surface area contributed by atoms with E-state index in [1.807, 2.05) is 42.5 Å². The van der Waals surface area contributed by atoms with Crippen LogP contribution in [0, 0.1) is 0 Å². The van der Waals surface area contributed by atoms with Gasteiger partial charge in [-0.05, 0) is 28.3 Å². The molecule has 0 aromatic heterocycles. The molecule has 0 atom stereocenters. The Kier molecular flexibility index (Phi) is 3.42. The normalized spacial score (nSPS) is 10.2. The maximum Gasteiger partial charge on any atom is 0.150 e. The van der Waals surface area contributed by atoms with Gasteiger partial charge in [-0.2, -0.15) is 0 Å². The van der Waals surface area contributed by atoms with E-state index >= 15 is 0 Å². The van der Waals surface area contributed by atoms with Crippen LogP contribution in [0.4, 0.5) is 0 Å². The molecule has 1 nitrogen and oxygen atoms in total. The molecule has 96 valence electrons. The highest BCUT2D eigenvalue weighted by molar-refractivity contribution is 5.79. The molecule has 0 heterocycles. The maximum atomic E-state index is 10.8. The lowest BCUT2D eigenvalue weighted by Gasteiger charge is -2.05. The smallest absolute Gasteiger partial charge is 0.150 e. The standard InChI is InChI=1S/C19H14O/c20-14-15-5-4-8-19(13-15)18-11-9-17(10-12-18)16-6-2-1-3-7-16/h1-14H. The molecule has 0 fully saturated rings. The van der Waals surface area contributed by atoms with Crippen molar-refractivity contribution < 1.29 is 4.79 Å². The van der Waals surface area contributed by atoms with Gasteiger partial charge in [0.2, 0.25) is 0 Å². The third-order valence-corrected chi connectivity index (χ3v) is 3.35. The first-order valence-electron chi connectivity index (χ1n) is 6.58. The summed E-state index contributed by atoms with van der Waals surface area (Å²) in [4.78, 5) is 10.8. The van der Waals surface area contributed by atoms with Gasteiger partial charge in [0.1, 0.15) is 6.29 Å². The molecule has 0 amide bonds. The summed E-state index contributed by atoms with van der Waals surface area (Å²) < 4.78 is 0.